The molecule has 118 valence electrons. The third-order valence-corrected chi connectivity index (χ3v) is 4.08. The Morgan fingerprint density at radius 3 is 2.91 bits per heavy atom. The monoisotopic (exact) mass is 329 g/mol. The summed E-state index contributed by atoms with van der Waals surface area (Å²) in [6.07, 6.45) is 1.54. The minimum absolute atomic E-state index is 0.246. The number of carbonyl (C=O) groups is 1. The van der Waals surface area contributed by atoms with Crippen molar-refractivity contribution in [3.63, 3.8) is 0 Å². The maximum atomic E-state index is 12.2. The molecule has 1 amide bonds. The zero-order valence-electron chi connectivity index (χ0n) is 12.9. The highest BCUT2D eigenvalue weighted by molar-refractivity contribution is 7.10. The number of anilines is 1. The molecule has 0 saturated carbocycles. The second-order valence-corrected chi connectivity index (χ2v) is 5.63. The van der Waals surface area contributed by atoms with E-state index in [4.69, 9.17) is 4.74 Å². The smallest absolute Gasteiger partial charge is 0.260 e. The van der Waals surface area contributed by atoms with Crippen LogP contribution in [0.4, 0.5) is 5.13 Å². The Morgan fingerprint density at radius 1 is 1.39 bits per heavy atom. The minimum atomic E-state index is -0.246. The highest BCUT2D eigenvalue weighted by atomic mass is 32.1. The summed E-state index contributed by atoms with van der Waals surface area (Å²) in [5.74, 6) is 1.03. The lowest BCUT2D eigenvalue weighted by atomic mass is 10.2. The van der Waals surface area contributed by atoms with E-state index in [1.807, 2.05) is 31.2 Å². The largest absolute Gasteiger partial charge is 0.497 e. The number of nitrogens with zero attached hydrogens (tertiary/aromatic N) is 4. The van der Waals surface area contributed by atoms with E-state index in [2.05, 4.69) is 19.8 Å². The highest BCUT2D eigenvalue weighted by Gasteiger charge is 2.15. The summed E-state index contributed by atoms with van der Waals surface area (Å²) in [5, 5.41) is 7.25. The molecule has 0 aliphatic heterocycles. The van der Waals surface area contributed by atoms with Crippen LogP contribution in [0.2, 0.25) is 0 Å². The molecule has 1 N–H and O–H groups in total. The van der Waals surface area contributed by atoms with Crippen LogP contribution in [0.25, 0.3) is 11.4 Å². The highest BCUT2D eigenvalue weighted by Crippen LogP contribution is 2.24. The van der Waals surface area contributed by atoms with Crippen LogP contribution in [0.5, 0.6) is 5.75 Å². The van der Waals surface area contributed by atoms with Crippen LogP contribution >= 0.6 is 11.5 Å². The van der Waals surface area contributed by atoms with Crippen LogP contribution in [0, 0.1) is 6.92 Å². The fourth-order valence-electron chi connectivity index (χ4n) is 2.04. The van der Waals surface area contributed by atoms with Crippen molar-refractivity contribution in [2.45, 2.75) is 6.92 Å². The zero-order valence-corrected chi connectivity index (χ0v) is 13.7. The van der Waals surface area contributed by atoms with Crippen molar-refractivity contribution in [3.05, 3.63) is 41.7 Å². The zero-order chi connectivity index (χ0) is 16.4. The lowest BCUT2D eigenvalue weighted by molar-refractivity contribution is 0.102. The quantitative estimate of drug-likeness (QED) is 0.795. The molecule has 0 atom stereocenters. The Morgan fingerprint density at radius 2 is 2.22 bits per heavy atom. The van der Waals surface area contributed by atoms with Gasteiger partial charge in [0.25, 0.3) is 5.91 Å². The lowest BCUT2D eigenvalue weighted by Gasteiger charge is -2.01. The van der Waals surface area contributed by atoms with E-state index in [0.29, 0.717) is 16.5 Å². The number of nitrogens with one attached hydrogen (secondary N) is 1. The molecule has 3 aromatic rings. The minimum Gasteiger partial charge on any atom is -0.497 e. The van der Waals surface area contributed by atoms with Gasteiger partial charge in [0.1, 0.15) is 5.75 Å². The number of carbonyl (C=O) groups excluding carboxylic acids is 1. The summed E-state index contributed by atoms with van der Waals surface area (Å²) in [7, 11) is 3.40. The Bertz CT molecular complexity index is 855. The van der Waals surface area contributed by atoms with Gasteiger partial charge in [-0.2, -0.15) is 14.5 Å². The number of hydrogen-bond donors (Lipinski definition) is 1. The van der Waals surface area contributed by atoms with E-state index >= 15 is 0 Å². The van der Waals surface area contributed by atoms with Crippen molar-refractivity contribution in [2.75, 3.05) is 12.4 Å². The Kier molecular flexibility index (Phi) is 4.07. The number of rotatable bonds is 4. The lowest BCUT2D eigenvalue weighted by Crippen LogP contribution is -2.12. The van der Waals surface area contributed by atoms with Crippen LogP contribution in [0.1, 0.15) is 16.1 Å². The molecule has 2 heterocycles. The van der Waals surface area contributed by atoms with Gasteiger partial charge < -0.3 is 4.74 Å². The van der Waals surface area contributed by atoms with E-state index in [9.17, 15) is 4.79 Å². The van der Waals surface area contributed by atoms with Gasteiger partial charge in [-0.3, -0.25) is 14.8 Å². The van der Waals surface area contributed by atoms with Crippen LogP contribution in [-0.2, 0) is 7.05 Å². The number of methoxy groups -OCH3 is 1. The second-order valence-electron chi connectivity index (χ2n) is 4.88. The van der Waals surface area contributed by atoms with Crippen molar-refractivity contribution >= 4 is 22.6 Å². The van der Waals surface area contributed by atoms with Crippen molar-refractivity contribution in [1.82, 2.24) is 19.1 Å². The molecular formula is C15H15N5O2S. The molecule has 0 fully saturated rings. The molecule has 8 heteroatoms. The van der Waals surface area contributed by atoms with Crippen molar-refractivity contribution in [1.29, 1.82) is 0 Å². The molecule has 3 rings (SSSR count). The first kappa shape index (κ1) is 15.2. The van der Waals surface area contributed by atoms with Gasteiger partial charge in [0.15, 0.2) is 5.82 Å². The Hall–Kier alpha value is -2.74. The summed E-state index contributed by atoms with van der Waals surface area (Å²) < 4.78 is 11.1. The standard InChI is InChI=1S/C15H15N5O2S/c1-9-12(8-16-20(9)2)14(21)18-15-17-13(19-23-15)10-5-4-6-11(7-10)22-3/h4-8H,1-3H3,(H,17,18,19,21). The van der Waals surface area contributed by atoms with Crippen LogP contribution in [0.3, 0.4) is 0 Å². The van der Waals surface area contributed by atoms with Gasteiger partial charge >= 0.3 is 0 Å². The number of aryl methyl sites for hydroxylation is 1. The number of ether oxygens (including phenoxy) is 1. The predicted molar refractivity (Wildman–Crippen MR) is 87.8 cm³/mol. The van der Waals surface area contributed by atoms with Crippen molar-refractivity contribution in [2.24, 2.45) is 7.05 Å². The van der Waals surface area contributed by atoms with Gasteiger partial charge in [-0.05, 0) is 19.1 Å². The number of aromatic nitrogens is 4. The van der Waals surface area contributed by atoms with E-state index in [1.165, 1.54) is 6.20 Å². The van der Waals surface area contributed by atoms with Crippen molar-refractivity contribution in [3.8, 4) is 17.1 Å². The summed E-state index contributed by atoms with van der Waals surface area (Å²) in [6, 6.07) is 7.45. The normalized spacial score (nSPS) is 10.6. The Balaban J connectivity index is 1.79. The van der Waals surface area contributed by atoms with Gasteiger partial charge in [-0.15, -0.1) is 0 Å². The molecule has 0 spiro atoms. The first-order valence-electron chi connectivity index (χ1n) is 6.86. The SMILES string of the molecule is COc1cccc(-c2nsc(NC(=O)c3cnn(C)c3C)n2)c1. The number of amides is 1. The summed E-state index contributed by atoms with van der Waals surface area (Å²) in [6.45, 7) is 1.84. The first-order chi connectivity index (χ1) is 11.1. The average Bonchev–Trinajstić information content (AvgIpc) is 3.15. The van der Waals surface area contributed by atoms with E-state index in [1.54, 1.807) is 18.8 Å². The molecule has 0 unspecified atom stereocenters. The van der Waals surface area contributed by atoms with E-state index in [0.717, 1.165) is 28.5 Å². The summed E-state index contributed by atoms with van der Waals surface area (Å²) in [5.41, 5.74) is 2.14. The van der Waals surface area contributed by atoms with Gasteiger partial charge in [0.05, 0.1) is 18.9 Å². The number of benzene rings is 1. The molecule has 0 radical (unpaired) electrons. The maximum absolute atomic E-state index is 12.2. The molecule has 0 aliphatic carbocycles. The molecule has 2 aromatic heterocycles. The van der Waals surface area contributed by atoms with E-state index in [-0.39, 0.29) is 5.91 Å². The van der Waals surface area contributed by atoms with E-state index < -0.39 is 0 Å². The Labute approximate surface area is 137 Å². The van der Waals surface area contributed by atoms with Crippen LogP contribution < -0.4 is 10.1 Å². The predicted octanol–water partition coefficient (Wildman–Crippen LogP) is 2.51. The average molecular weight is 329 g/mol. The first-order valence-corrected chi connectivity index (χ1v) is 7.64. The second kappa shape index (κ2) is 6.17. The molecule has 0 aliphatic rings. The van der Waals surface area contributed by atoms with Gasteiger partial charge in [-0.25, -0.2) is 0 Å². The molecule has 7 nitrogen and oxygen atoms in total. The van der Waals surface area contributed by atoms with Crippen LogP contribution in [-0.4, -0.2) is 32.2 Å². The molecular weight excluding hydrogens is 314 g/mol. The van der Waals surface area contributed by atoms with Gasteiger partial charge in [0.2, 0.25) is 5.13 Å². The fourth-order valence-corrected chi connectivity index (χ4v) is 2.62. The molecule has 23 heavy (non-hydrogen) atoms. The summed E-state index contributed by atoms with van der Waals surface area (Å²) in [4.78, 5) is 16.6. The van der Waals surface area contributed by atoms with Gasteiger partial charge in [-0.1, -0.05) is 12.1 Å². The molecule has 0 bridgehead atoms. The molecule has 0 saturated heterocycles. The van der Waals surface area contributed by atoms with Crippen molar-refractivity contribution < 1.29 is 9.53 Å². The maximum Gasteiger partial charge on any atom is 0.260 e. The number of hydrogen-bond acceptors (Lipinski definition) is 6. The fraction of sp³-hybridized carbons (Fsp3) is 0.200. The van der Waals surface area contributed by atoms with Gasteiger partial charge in [0, 0.05) is 29.8 Å². The third-order valence-electron chi connectivity index (χ3n) is 3.45. The topological polar surface area (TPSA) is 81.9 Å². The summed E-state index contributed by atoms with van der Waals surface area (Å²) >= 11 is 1.13. The van der Waals surface area contributed by atoms with Crippen LogP contribution in [0.15, 0.2) is 30.5 Å². The third kappa shape index (κ3) is 3.07. The molecule has 1 aromatic carbocycles.